The molecule has 2 aromatic carbocycles. The number of rotatable bonds is 11. The second-order valence-corrected chi connectivity index (χ2v) is 7.19. The number of aliphatic hydroxyl groups excluding tert-OH is 1. The summed E-state index contributed by atoms with van der Waals surface area (Å²) in [7, 11) is 0. The maximum Gasteiger partial charge on any atom is 0.344 e. The lowest BCUT2D eigenvalue weighted by Crippen LogP contribution is -2.26. The van der Waals surface area contributed by atoms with E-state index in [1.807, 2.05) is 24.3 Å². The molecule has 1 aromatic heterocycles. The summed E-state index contributed by atoms with van der Waals surface area (Å²) in [6.45, 7) is 1.66. The Morgan fingerprint density at radius 3 is 2.47 bits per heavy atom. The van der Waals surface area contributed by atoms with Crippen LogP contribution in [0.1, 0.15) is 18.9 Å². The van der Waals surface area contributed by atoms with E-state index < -0.39 is 35.5 Å². The van der Waals surface area contributed by atoms with Gasteiger partial charge in [-0.2, -0.15) is 4.98 Å². The Hall–Kier alpha value is -3.76. The first kappa shape index (κ1) is 24.9. The van der Waals surface area contributed by atoms with Gasteiger partial charge in [0, 0.05) is 18.7 Å². The summed E-state index contributed by atoms with van der Waals surface area (Å²) in [6.07, 6.45) is -1.32. The number of pyridine rings is 1. The lowest BCUT2D eigenvalue weighted by molar-refractivity contribution is -0.145. The molecule has 1 unspecified atom stereocenters. The number of hydrogen-bond donors (Lipinski definition) is 3. The zero-order valence-electron chi connectivity index (χ0n) is 18.3. The molecule has 34 heavy (non-hydrogen) atoms. The topological polar surface area (TPSA) is 124 Å². The van der Waals surface area contributed by atoms with E-state index in [0.29, 0.717) is 23.9 Å². The average molecular weight is 474 g/mol. The highest BCUT2D eigenvalue weighted by Gasteiger charge is 2.22. The Bertz CT molecular complexity index is 1160. The molecule has 3 aromatic rings. The van der Waals surface area contributed by atoms with Crippen LogP contribution in [0.15, 0.2) is 48.5 Å². The number of halogens is 2. The number of aromatic nitrogens is 1. The molecule has 0 aliphatic rings. The number of aliphatic hydroxyl groups is 1. The van der Waals surface area contributed by atoms with Gasteiger partial charge in [0.25, 0.3) is 11.8 Å². The van der Waals surface area contributed by atoms with Crippen molar-refractivity contribution in [3.63, 3.8) is 0 Å². The number of carboxylic acid groups (broad SMARTS) is 1. The normalized spacial score (nSPS) is 11.7. The zero-order valence-corrected chi connectivity index (χ0v) is 18.3. The molecule has 0 spiro atoms. The summed E-state index contributed by atoms with van der Waals surface area (Å²) in [5, 5.41) is 18.2. The summed E-state index contributed by atoms with van der Waals surface area (Å²) in [5.41, 5.74) is 8.04. The third-order valence-electron chi connectivity index (χ3n) is 4.72. The molecule has 1 heterocycles. The number of nitrogens with two attached hydrogens (primary N) is 1. The van der Waals surface area contributed by atoms with Gasteiger partial charge in [-0.05, 0) is 41.3 Å². The van der Waals surface area contributed by atoms with E-state index in [-0.39, 0.29) is 25.4 Å². The van der Waals surface area contributed by atoms with Crippen LogP contribution in [0.2, 0.25) is 0 Å². The fourth-order valence-electron chi connectivity index (χ4n) is 3.06. The molecule has 180 valence electrons. The molecule has 8 nitrogen and oxygen atoms in total. The molecule has 0 fully saturated rings. The van der Waals surface area contributed by atoms with Crippen molar-refractivity contribution in [1.82, 2.24) is 4.98 Å². The zero-order chi connectivity index (χ0) is 24.7. The molecular formula is C24H24F2N2O6. The number of ether oxygens (including phenoxy) is 3. The highest BCUT2D eigenvalue weighted by Crippen LogP contribution is 2.34. The predicted octanol–water partition coefficient (Wildman–Crippen LogP) is 3.89. The van der Waals surface area contributed by atoms with Crippen LogP contribution < -0.4 is 19.9 Å². The third-order valence-corrected chi connectivity index (χ3v) is 4.72. The van der Waals surface area contributed by atoms with E-state index in [4.69, 9.17) is 30.2 Å². The molecule has 0 bridgehead atoms. The Balaban J connectivity index is 1.99. The number of carbonyl (C=O) groups is 1. The standard InChI is InChI=1S/C24H24F2N2O6/c1-2-21(24(30)31)34-23-20(26)12-19(25)22(28-23)33-18-10-16(9-17(11-18)32-7-6-29)15-5-3-4-14(8-15)13-27/h3-5,8-12,21,29H,2,6-7,13,27H2,1H3,(H,30,31). The SMILES string of the molecule is CCC(Oc1nc(Oc2cc(OCCO)cc(-c3cccc(CN)c3)c2)c(F)cc1F)C(=O)O. The largest absolute Gasteiger partial charge is 0.491 e. The van der Waals surface area contributed by atoms with Crippen molar-refractivity contribution in [2.24, 2.45) is 5.73 Å². The minimum absolute atomic E-state index is 0.0144. The first-order valence-electron chi connectivity index (χ1n) is 10.5. The molecular weight excluding hydrogens is 450 g/mol. The van der Waals surface area contributed by atoms with Crippen LogP contribution in [0.3, 0.4) is 0 Å². The van der Waals surface area contributed by atoms with Gasteiger partial charge in [0.05, 0.1) is 6.61 Å². The molecule has 4 N–H and O–H groups in total. The van der Waals surface area contributed by atoms with Gasteiger partial charge in [-0.15, -0.1) is 0 Å². The summed E-state index contributed by atoms with van der Waals surface area (Å²) in [6, 6.07) is 12.7. The van der Waals surface area contributed by atoms with Crippen molar-refractivity contribution in [1.29, 1.82) is 0 Å². The van der Waals surface area contributed by atoms with Crippen LogP contribution in [0.4, 0.5) is 8.78 Å². The Labute approximate surface area is 194 Å². The van der Waals surface area contributed by atoms with Crippen LogP contribution in [0, 0.1) is 11.6 Å². The smallest absolute Gasteiger partial charge is 0.344 e. The van der Waals surface area contributed by atoms with E-state index in [1.165, 1.54) is 13.0 Å². The van der Waals surface area contributed by atoms with Gasteiger partial charge in [0.2, 0.25) is 0 Å². The van der Waals surface area contributed by atoms with Gasteiger partial charge in [0.15, 0.2) is 17.7 Å². The van der Waals surface area contributed by atoms with E-state index >= 15 is 0 Å². The molecule has 0 saturated carbocycles. The van der Waals surface area contributed by atoms with Crippen LogP contribution in [-0.2, 0) is 11.3 Å². The molecule has 0 amide bonds. The molecule has 0 radical (unpaired) electrons. The first-order chi connectivity index (χ1) is 16.3. The molecule has 0 aliphatic carbocycles. The van der Waals surface area contributed by atoms with Gasteiger partial charge in [-0.3, -0.25) is 0 Å². The quantitative estimate of drug-likeness (QED) is 0.382. The minimum Gasteiger partial charge on any atom is -0.491 e. The van der Waals surface area contributed by atoms with Crippen molar-refractivity contribution in [3.8, 4) is 34.4 Å². The second kappa shape index (κ2) is 11.4. The third kappa shape index (κ3) is 6.18. The summed E-state index contributed by atoms with van der Waals surface area (Å²) >= 11 is 0. The fraction of sp³-hybridized carbons (Fsp3) is 0.250. The van der Waals surface area contributed by atoms with Crippen molar-refractivity contribution in [2.45, 2.75) is 26.0 Å². The maximum atomic E-state index is 14.4. The predicted molar refractivity (Wildman–Crippen MR) is 119 cm³/mol. The molecule has 1 atom stereocenters. The lowest BCUT2D eigenvalue weighted by Gasteiger charge is -2.15. The second-order valence-electron chi connectivity index (χ2n) is 7.19. The lowest BCUT2D eigenvalue weighted by atomic mass is 10.0. The van der Waals surface area contributed by atoms with Gasteiger partial charge in [-0.25, -0.2) is 13.6 Å². The van der Waals surface area contributed by atoms with Gasteiger partial charge in [0.1, 0.15) is 18.1 Å². The molecule has 3 rings (SSSR count). The van der Waals surface area contributed by atoms with Crippen molar-refractivity contribution in [2.75, 3.05) is 13.2 Å². The van der Waals surface area contributed by atoms with Crippen molar-refractivity contribution < 1.29 is 38.0 Å². The van der Waals surface area contributed by atoms with Gasteiger partial charge in [-0.1, -0.05) is 25.1 Å². The number of aliphatic carboxylic acids is 1. The van der Waals surface area contributed by atoms with E-state index in [1.54, 1.807) is 12.1 Å². The fourth-order valence-corrected chi connectivity index (χ4v) is 3.06. The Kier molecular flexibility index (Phi) is 8.34. The summed E-state index contributed by atoms with van der Waals surface area (Å²) in [4.78, 5) is 14.9. The maximum absolute atomic E-state index is 14.4. The number of nitrogens with zero attached hydrogens (tertiary/aromatic N) is 1. The van der Waals surface area contributed by atoms with Crippen molar-refractivity contribution in [3.05, 3.63) is 65.7 Å². The van der Waals surface area contributed by atoms with E-state index in [9.17, 15) is 13.6 Å². The van der Waals surface area contributed by atoms with E-state index in [2.05, 4.69) is 4.98 Å². The molecule has 10 heteroatoms. The van der Waals surface area contributed by atoms with Crippen molar-refractivity contribution >= 4 is 5.97 Å². The number of benzene rings is 2. The average Bonchev–Trinajstić information content (AvgIpc) is 2.83. The highest BCUT2D eigenvalue weighted by atomic mass is 19.1. The minimum atomic E-state index is -1.36. The number of carboxylic acids is 1. The van der Waals surface area contributed by atoms with Crippen LogP contribution in [0.5, 0.6) is 23.3 Å². The van der Waals surface area contributed by atoms with Crippen LogP contribution >= 0.6 is 0 Å². The van der Waals surface area contributed by atoms with Gasteiger partial charge < -0.3 is 30.2 Å². The summed E-state index contributed by atoms with van der Waals surface area (Å²) in [5.74, 6) is -4.46. The molecule has 0 aliphatic heterocycles. The molecule has 0 saturated heterocycles. The number of hydrogen-bond acceptors (Lipinski definition) is 7. The summed E-state index contributed by atoms with van der Waals surface area (Å²) < 4.78 is 44.8. The van der Waals surface area contributed by atoms with Crippen LogP contribution in [-0.4, -0.2) is 40.5 Å². The monoisotopic (exact) mass is 474 g/mol. The Morgan fingerprint density at radius 2 is 1.79 bits per heavy atom. The van der Waals surface area contributed by atoms with Crippen LogP contribution in [0.25, 0.3) is 11.1 Å². The first-order valence-corrected chi connectivity index (χ1v) is 10.5. The van der Waals surface area contributed by atoms with E-state index in [0.717, 1.165) is 11.1 Å². The Morgan fingerprint density at radius 1 is 1.06 bits per heavy atom. The van der Waals surface area contributed by atoms with Gasteiger partial charge >= 0.3 is 5.97 Å². The highest BCUT2D eigenvalue weighted by molar-refractivity contribution is 5.72.